The fourth-order valence-corrected chi connectivity index (χ4v) is 2.01. The van der Waals surface area contributed by atoms with E-state index in [1.54, 1.807) is 37.5 Å². The van der Waals surface area contributed by atoms with Crippen LogP contribution in [0.3, 0.4) is 0 Å². The molecule has 0 N–H and O–H groups in total. The largest absolute Gasteiger partial charge is 0.265 e. The lowest BCUT2D eigenvalue weighted by Crippen LogP contribution is -2.24. The van der Waals surface area contributed by atoms with Crippen LogP contribution in [0, 0.1) is 17.1 Å². The summed E-state index contributed by atoms with van der Waals surface area (Å²) in [7, 11) is 0. The van der Waals surface area contributed by atoms with E-state index in [0.29, 0.717) is 12.0 Å². The number of hydrogen-bond acceptors (Lipinski definition) is 2. The van der Waals surface area contributed by atoms with E-state index in [2.05, 4.69) is 11.1 Å². The molecule has 3 heteroatoms. The number of hydrogen-bond donors (Lipinski definition) is 0. The van der Waals surface area contributed by atoms with E-state index < -0.39 is 5.41 Å². The maximum atomic E-state index is 13.8. The first-order valence-corrected chi connectivity index (χ1v) is 5.71. The lowest BCUT2D eigenvalue weighted by atomic mass is 9.78. The minimum atomic E-state index is -0.868. The average molecular weight is 240 g/mol. The topological polar surface area (TPSA) is 36.7 Å². The van der Waals surface area contributed by atoms with Gasteiger partial charge in [-0.3, -0.25) is 4.98 Å². The predicted molar refractivity (Wildman–Crippen MR) is 67.3 cm³/mol. The van der Waals surface area contributed by atoms with Crippen LogP contribution in [0.25, 0.3) is 0 Å². The first kappa shape index (κ1) is 12.3. The summed E-state index contributed by atoms with van der Waals surface area (Å²) < 4.78 is 13.8. The second kappa shape index (κ2) is 4.97. The molecule has 1 heterocycles. The van der Waals surface area contributed by atoms with Gasteiger partial charge in [0.05, 0.1) is 11.5 Å². The van der Waals surface area contributed by atoms with E-state index in [-0.39, 0.29) is 5.82 Å². The summed E-state index contributed by atoms with van der Waals surface area (Å²) >= 11 is 0. The van der Waals surface area contributed by atoms with E-state index >= 15 is 0 Å². The van der Waals surface area contributed by atoms with Gasteiger partial charge in [-0.25, -0.2) is 4.39 Å². The molecule has 1 aromatic heterocycles. The van der Waals surface area contributed by atoms with Crippen molar-refractivity contribution >= 4 is 0 Å². The Kier molecular flexibility index (Phi) is 3.38. The maximum Gasteiger partial charge on any atom is 0.128 e. The molecule has 0 saturated heterocycles. The Morgan fingerprint density at radius 3 is 2.50 bits per heavy atom. The number of pyridine rings is 1. The van der Waals surface area contributed by atoms with Crippen molar-refractivity contribution in [2.75, 3.05) is 0 Å². The van der Waals surface area contributed by atoms with Gasteiger partial charge >= 0.3 is 0 Å². The zero-order chi connectivity index (χ0) is 13.0. The van der Waals surface area contributed by atoms with Crippen LogP contribution in [0.2, 0.25) is 0 Å². The number of nitrogens with zero attached hydrogens (tertiary/aromatic N) is 2. The molecule has 90 valence electrons. The zero-order valence-electron chi connectivity index (χ0n) is 10.1. The van der Waals surface area contributed by atoms with Gasteiger partial charge in [-0.1, -0.05) is 18.2 Å². The normalized spacial score (nSPS) is 13.6. The van der Waals surface area contributed by atoms with Gasteiger partial charge in [-0.15, -0.1) is 0 Å². The molecule has 2 rings (SSSR count). The molecule has 0 saturated carbocycles. The van der Waals surface area contributed by atoms with Crippen molar-refractivity contribution in [3.8, 4) is 6.07 Å². The molecule has 0 amide bonds. The Bertz CT molecular complexity index is 575. The Labute approximate surface area is 106 Å². The van der Waals surface area contributed by atoms with Gasteiger partial charge in [0.1, 0.15) is 5.82 Å². The number of rotatable bonds is 3. The molecule has 1 aromatic carbocycles. The van der Waals surface area contributed by atoms with Gasteiger partial charge in [-0.05, 0) is 37.1 Å². The number of aromatic nitrogens is 1. The first-order valence-electron chi connectivity index (χ1n) is 5.71. The SMILES string of the molecule is CC(C#N)(Cc1ccncc1)c1ccccc1F. The molecule has 0 radical (unpaired) electrons. The standard InChI is InChI=1S/C15H13FN2/c1-15(11-17,10-12-6-8-18-9-7-12)13-4-2-3-5-14(13)16/h2-9H,10H2,1H3. The lowest BCUT2D eigenvalue weighted by molar-refractivity contribution is 0.534. The molecule has 1 atom stereocenters. The summed E-state index contributed by atoms with van der Waals surface area (Å²) in [5.41, 5.74) is 0.536. The molecule has 18 heavy (non-hydrogen) atoms. The molecule has 2 aromatic rings. The van der Waals surface area contributed by atoms with Crippen LogP contribution >= 0.6 is 0 Å². The zero-order valence-corrected chi connectivity index (χ0v) is 10.1. The van der Waals surface area contributed by atoms with E-state index in [0.717, 1.165) is 5.56 Å². The smallest absolute Gasteiger partial charge is 0.128 e. The molecule has 0 bridgehead atoms. The second-order valence-corrected chi connectivity index (χ2v) is 4.46. The summed E-state index contributed by atoms with van der Waals surface area (Å²) in [4.78, 5) is 3.93. The molecule has 0 fully saturated rings. The van der Waals surface area contributed by atoms with E-state index in [9.17, 15) is 9.65 Å². The van der Waals surface area contributed by atoms with E-state index in [1.807, 2.05) is 12.1 Å². The monoisotopic (exact) mass is 240 g/mol. The van der Waals surface area contributed by atoms with E-state index in [1.165, 1.54) is 6.07 Å². The summed E-state index contributed by atoms with van der Waals surface area (Å²) in [5, 5.41) is 9.39. The van der Waals surface area contributed by atoms with Gasteiger partial charge in [0.25, 0.3) is 0 Å². The molecule has 0 aliphatic rings. The minimum absolute atomic E-state index is 0.337. The predicted octanol–water partition coefficient (Wildman–Crippen LogP) is 3.24. The van der Waals surface area contributed by atoms with Crippen molar-refractivity contribution in [1.29, 1.82) is 5.26 Å². The minimum Gasteiger partial charge on any atom is -0.265 e. The third-order valence-electron chi connectivity index (χ3n) is 3.02. The van der Waals surface area contributed by atoms with Crippen molar-refractivity contribution < 1.29 is 4.39 Å². The summed E-state index contributed by atoms with van der Waals surface area (Å²) in [5.74, 6) is -0.337. The highest BCUT2D eigenvalue weighted by Gasteiger charge is 2.29. The molecular formula is C15H13FN2. The van der Waals surface area contributed by atoms with Crippen LogP contribution in [0.4, 0.5) is 4.39 Å². The Hall–Kier alpha value is -2.21. The van der Waals surface area contributed by atoms with Crippen molar-refractivity contribution in [3.05, 3.63) is 65.7 Å². The van der Waals surface area contributed by atoms with Crippen LogP contribution in [0.5, 0.6) is 0 Å². The van der Waals surface area contributed by atoms with Gasteiger partial charge in [-0.2, -0.15) is 5.26 Å². The van der Waals surface area contributed by atoms with Crippen molar-refractivity contribution in [2.24, 2.45) is 0 Å². The van der Waals surface area contributed by atoms with Crippen LogP contribution in [0.1, 0.15) is 18.1 Å². The van der Waals surface area contributed by atoms with Gasteiger partial charge in [0, 0.05) is 18.0 Å². The molecule has 0 spiro atoms. The third-order valence-corrected chi connectivity index (χ3v) is 3.02. The van der Waals surface area contributed by atoms with Crippen molar-refractivity contribution in [3.63, 3.8) is 0 Å². The number of halogens is 1. The van der Waals surface area contributed by atoms with Gasteiger partial charge in [0.15, 0.2) is 0 Å². The highest BCUT2D eigenvalue weighted by molar-refractivity contribution is 5.35. The Balaban J connectivity index is 2.38. The fourth-order valence-electron chi connectivity index (χ4n) is 2.01. The lowest BCUT2D eigenvalue weighted by Gasteiger charge is -2.22. The van der Waals surface area contributed by atoms with Gasteiger partial charge in [0.2, 0.25) is 0 Å². The number of nitriles is 1. The highest BCUT2D eigenvalue weighted by atomic mass is 19.1. The molecule has 1 unspecified atom stereocenters. The third kappa shape index (κ3) is 2.38. The van der Waals surface area contributed by atoms with Crippen LogP contribution in [-0.2, 0) is 11.8 Å². The molecule has 2 nitrogen and oxygen atoms in total. The maximum absolute atomic E-state index is 13.8. The summed E-state index contributed by atoms with van der Waals surface area (Å²) in [6.07, 6.45) is 3.82. The van der Waals surface area contributed by atoms with Crippen LogP contribution < -0.4 is 0 Å². The number of benzene rings is 1. The van der Waals surface area contributed by atoms with Crippen LogP contribution in [0.15, 0.2) is 48.8 Å². The molecule has 0 aliphatic heterocycles. The fraction of sp³-hybridized carbons (Fsp3) is 0.200. The van der Waals surface area contributed by atoms with Gasteiger partial charge < -0.3 is 0 Å². The molecular weight excluding hydrogens is 227 g/mol. The van der Waals surface area contributed by atoms with Crippen molar-refractivity contribution in [1.82, 2.24) is 4.98 Å². The van der Waals surface area contributed by atoms with Crippen molar-refractivity contribution in [2.45, 2.75) is 18.8 Å². The summed E-state index contributed by atoms with van der Waals surface area (Å²) in [6.45, 7) is 1.76. The van der Waals surface area contributed by atoms with Crippen LogP contribution in [-0.4, -0.2) is 4.98 Å². The van der Waals surface area contributed by atoms with E-state index in [4.69, 9.17) is 0 Å². The average Bonchev–Trinajstić information content (AvgIpc) is 2.40. The second-order valence-electron chi connectivity index (χ2n) is 4.46. The molecule has 0 aliphatic carbocycles. The first-order chi connectivity index (χ1) is 8.65. The Morgan fingerprint density at radius 2 is 1.89 bits per heavy atom. The Morgan fingerprint density at radius 1 is 1.22 bits per heavy atom. The quantitative estimate of drug-likeness (QED) is 0.825. The highest BCUT2D eigenvalue weighted by Crippen LogP contribution is 2.29. The summed E-state index contributed by atoms with van der Waals surface area (Å²) in [6, 6.07) is 12.3.